The summed E-state index contributed by atoms with van der Waals surface area (Å²) in [5.74, 6) is -0.513. The minimum atomic E-state index is -3.85. The topological polar surface area (TPSA) is 93.6 Å². The SMILES string of the molecule is CCOC(=O)c1cc(C)c2cc(N(S(C)(=O)=O)S(C)(=O)(I)I)cc(C(C)(C)C)c2n1. The molecule has 1 heterocycles. The van der Waals surface area contributed by atoms with Crippen molar-refractivity contribution in [2.75, 3.05) is 22.8 Å². The first-order valence-corrected chi connectivity index (χ1v) is 18.3. The zero-order valence-corrected chi connectivity index (χ0v) is 23.9. The van der Waals surface area contributed by atoms with Crippen LogP contribution in [0.25, 0.3) is 10.9 Å². The maximum absolute atomic E-state index is 13.4. The van der Waals surface area contributed by atoms with Crippen molar-refractivity contribution >= 4 is 78.6 Å². The van der Waals surface area contributed by atoms with Crippen molar-refractivity contribution in [3.63, 3.8) is 0 Å². The van der Waals surface area contributed by atoms with Gasteiger partial charge < -0.3 is 4.74 Å². The summed E-state index contributed by atoms with van der Waals surface area (Å²) >= 11 is 3.40. The van der Waals surface area contributed by atoms with E-state index < -0.39 is 25.0 Å². The number of hydrogen-bond donors (Lipinski definition) is 0. The number of carbonyl (C=O) groups is 1. The Labute approximate surface area is 202 Å². The highest BCUT2D eigenvalue weighted by molar-refractivity contribution is 14.3. The Morgan fingerprint density at radius 2 is 1.80 bits per heavy atom. The fourth-order valence-corrected chi connectivity index (χ4v) is 13.2. The zero-order valence-electron chi connectivity index (χ0n) is 17.9. The number of rotatable bonds is 5. The summed E-state index contributed by atoms with van der Waals surface area (Å²) in [6, 6.07) is 4.98. The Kier molecular flexibility index (Phi) is 6.95. The van der Waals surface area contributed by atoms with Crippen LogP contribution in [-0.4, -0.2) is 42.7 Å². The molecule has 1 aromatic heterocycles. The Morgan fingerprint density at radius 1 is 1.23 bits per heavy atom. The van der Waals surface area contributed by atoms with Crippen molar-refractivity contribution < 1.29 is 22.2 Å². The summed E-state index contributed by atoms with van der Waals surface area (Å²) in [7, 11) is -3.85. The second-order valence-corrected chi connectivity index (χ2v) is 30.3. The summed E-state index contributed by atoms with van der Waals surface area (Å²) in [6.45, 7) is 9.71. The monoisotopic (exact) mass is 680 g/mol. The van der Waals surface area contributed by atoms with Crippen LogP contribution in [0.5, 0.6) is 0 Å². The van der Waals surface area contributed by atoms with Gasteiger partial charge >= 0.3 is 5.97 Å². The lowest BCUT2D eigenvalue weighted by molar-refractivity contribution is 0.0520. The molecule has 0 unspecified atom stereocenters. The molecule has 0 spiro atoms. The maximum Gasteiger partial charge on any atom is 0.356 e. The lowest BCUT2D eigenvalue weighted by Gasteiger charge is -2.38. The van der Waals surface area contributed by atoms with E-state index >= 15 is 0 Å². The fourth-order valence-electron chi connectivity index (χ4n) is 3.18. The third-order valence-corrected chi connectivity index (χ3v) is 11.9. The van der Waals surface area contributed by atoms with E-state index in [0.29, 0.717) is 16.6 Å². The van der Waals surface area contributed by atoms with Gasteiger partial charge in [-0.3, -0.25) is 0 Å². The lowest BCUT2D eigenvalue weighted by atomic mass is 9.84. The Hall–Kier alpha value is -0.540. The Bertz CT molecular complexity index is 1190. The predicted molar refractivity (Wildman–Crippen MR) is 141 cm³/mol. The van der Waals surface area contributed by atoms with E-state index in [2.05, 4.69) is 4.98 Å². The molecular formula is C19H26I2N2O5S2. The van der Waals surface area contributed by atoms with E-state index in [1.165, 1.54) is 6.26 Å². The number of ether oxygens (including phenoxy) is 1. The van der Waals surface area contributed by atoms with Crippen molar-refractivity contribution in [3.05, 3.63) is 35.0 Å². The average Bonchev–Trinajstić information content (AvgIpc) is 2.50. The molecule has 7 nitrogen and oxygen atoms in total. The van der Waals surface area contributed by atoms with Gasteiger partial charge in [-0.25, -0.2) is 22.4 Å². The largest absolute Gasteiger partial charge is 0.461 e. The number of fused-ring (bicyclic) bond motifs is 1. The minimum absolute atomic E-state index is 0.195. The number of aromatic nitrogens is 1. The van der Waals surface area contributed by atoms with E-state index in [1.54, 1.807) is 67.5 Å². The Balaban J connectivity index is 2.99. The molecular weight excluding hydrogens is 654 g/mol. The van der Waals surface area contributed by atoms with Crippen molar-refractivity contribution in [3.8, 4) is 0 Å². The van der Waals surface area contributed by atoms with Crippen molar-refractivity contribution in [2.24, 2.45) is 0 Å². The number of hydrogen-bond acceptors (Lipinski definition) is 6. The third-order valence-electron chi connectivity index (χ3n) is 4.27. The van der Waals surface area contributed by atoms with Gasteiger partial charge in [0.1, 0.15) is 5.69 Å². The first-order valence-electron chi connectivity index (χ1n) is 9.05. The molecule has 2 aromatic rings. The lowest BCUT2D eigenvalue weighted by Crippen LogP contribution is -2.43. The highest BCUT2D eigenvalue weighted by atomic mass is 127. The smallest absolute Gasteiger partial charge is 0.356 e. The number of esters is 1. The standard InChI is InChI=1S/C19H26I2N2O5S2/c1-8-28-18(24)16-9-12(2)14-10-13(11-15(17(14)22-16)19(3,4)5)23(29(6,25)26)30(7,20,21)27/h9-11H,8H2,1-7H3. The quantitative estimate of drug-likeness (QED) is 0.255. The van der Waals surface area contributed by atoms with Crippen LogP contribution in [0.3, 0.4) is 0 Å². The first kappa shape index (κ1) is 25.7. The van der Waals surface area contributed by atoms with Gasteiger partial charge in [-0.2, -0.15) is 3.71 Å². The average molecular weight is 680 g/mol. The van der Waals surface area contributed by atoms with E-state index in [-0.39, 0.29) is 12.3 Å². The van der Waals surface area contributed by atoms with Gasteiger partial charge in [0, 0.05) is 54.1 Å². The zero-order chi connectivity index (χ0) is 23.3. The summed E-state index contributed by atoms with van der Waals surface area (Å²) in [4.78, 5) is 16.8. The number of anilines is 1. The molecule has 11 heteroatoms. The molecule has 0 amide bonds. The number of halogens is 2. The van der Waals surface area contributed by atoms with Crippen LogP contribution in [0.15, 0.2) is 18.2 Å². The summed E-state index contributed by atoms with van der Waals surface area (Å²) in [5, 5.41) is 0.684. The number of pyridine rings is 1. The Morgan fingerprint density at radius 3 is 2.23 bits per heavy atom. The fraction of sp³-hybridized carbons (Fsp3) is 0.474. The molecule has 1 aromatic carbocycles. The second-order valence-electron chi connectivity index (χ2n) is 8.23. The molecule has 0 aliphatic carbocycles. The van der Waals surface area contributed by atoms with Gasteiger partial charge in [0.15, 0.2) is 0 Å². The van der Waals surface area contributed by atoms with Gasteiger partial charge in [0.2, 0.25) is 10.0 Å². The predicted octanol–water partition coefficient (Wildman–Crippen LogP) is 4.85. The van der Waals surface area contributed by atoms with Crippen LogP contribution in [0, 0.1) is 6.92 Å². The number of sulfonamides is 1. The number of nitrogens with zero attached hydrogens (tertiary/aromatic N) is 2. The minimum Gasteiger partial charge on any atom is -0.461 e. The molecule has 0 saturated heterocycles. The highest BCUT2D eigenvalue weighted by Crippen LogP contribution is 2.49. The molecule has 0 saturated carbocycles. The van der Waals surface area contributed by atoms with E-state index in [9.17, 15) is 17.4 Å². The molecule has 0 radical (unpaired) electrons. The van der Waals surface area contributed by atoms with E-state index in [0.717, 1.165) is 21.1 Å². The van der Waals surface area contributed by atoms with Gasteiger partial charge in [-0.05, 0) is 48.6 Å². The van der Waals surface area contributed by atoms with Crippen LogP contribution < -0.4 is 3.71 Å². The molecule has 0 aliphatic rings. The molecule has 30 heavy (non-hydrogen) atoms. The van der Waals surface area contributed by atoms with Crippen LogP contribution in [-0.2, 0) is 23.8 Å². The highest BCUT2D eigenvalue weighted by Gasteiger charge is 2.40. The van der Waals surface area contributed by atoms with Gasteiger partial charge in [0.05, 0.1) is 27.7 Å². The number of carbonyl (C=O) groups excluding carboxylic acids is 1. The molecule has 0 bridgehead atoms. The van der Waals surface area contributed by atoms with E-state index in [1.807, 2.05) is 27.7 Å². The van der Waals surface area contributed by atoms with Gasteiger partial charge in [0.25, 0.3) is 0 Å². The number of aryl methyl sites for hydroxylation is 1. The molecule has 0 atom stereocenters. The maximum atomic E-state index is 13.4. The van der Waals surface area contributed by atoms with E-state index in [4.69, 9.17) is 4.74 Å². The molecule has 0 fully saturated rings. The van der Waals surface area contributed by atoms with Crippen molar-refractivity contribution in [1.29, 1.82) is 0 Å². The summed E-state index contributed by atoms with van der Waals surface area (Å²) in [6.07, 6.45) is 2.45. The van der Waals surface area contributed by atoms with Gasteiger partial charge in [-0.1, -0.05) is 20.8 Å². The third kappa shape index (κ3) is 5.63. The summed E-state index contributed by atoms with van der Waals surface area (Å²) in [5.41, 5.74) is 2.13. The van der Waals surface area contributed by atoms with Crippen LogP contribution in [0.1, 0.15) is 49.3 Å². The first-order chi connectivity index (χ1) is 13.3. The molecule has 0 aliphatic heterocycles. The van der Waals surface area contributed by atoms with Crippen molar-refractivity contribution in [1.82, 2.24) is 4.98 Å². The normalized spacial score (nSPS) is 14.2. The molecule has 168 valence electrons. The van der Waals surface area contributed by atoms with Gasteiger partial charge in [-0.15, -0.1) is 0 Å². The van der Waals surface area contributed by atoms with Crippen LogP contribution in [0.2, 0.25) is 0 Å². The second kappa shape index (κ2) is 8.10. The summed E-state index contributed by atoms with van der Waals surface area (Å²) < 4.78 is 41.0. The van der Waals surface area contributed by atoms with Crippen LogP contribution >= 0.6 is 42.4 Å². The number of benzene rings is 1. The van der Waals surface area contributed by atoms with Crippen molar-refractivity contribution in [2.45, 2.75) is 40.0 Å². The molecule has 2 rings (SSSR count). The molecule has 0 N–H and O–H groups in total. The van der Waals surface area contributed by atoms with Crippen LogP contribution in [0.4, 0.5) is 5.69 Å².